The minimum atomic E-state index is -0.0795. The van der Waals surface area contributed by atoms with E-state index >= 15 is 0 Å². The van der Waals surface area contributed by atoms with E-state index in [1.165, 1.54) is 6.21 Å². The zero-order valence-corrected chi connectivity index (χ0v) is 17.6. The molecule has 1 amide bonds. The molecule has 0 saturated carbocycles. The summed E-state index contributed by atoms with van der Waals surface area (Å²) in [7, 11) is 0. The van der Waals surface area contributed by atoms with Crippen molar-refractivity contribution in [3.63, 3.8) is 0 Å². The van der Waals surface area contributed by atoms with Crippen LogP contribution in [0.3, 0.4) is 0 Å². The van der Waals surface area contributed by atoms with Crippen LogP contribution in [0.5, 0.6) is 0 Å². The highest BCUT2D eigenvalue weighted by Gasteiger charge is 2.27. The van der Waals surface area contributed by atoms with Crippen LogP contribution in [0.4, 0.5) is 0 Å². The van der Waals surface area contributed by atoms with Crippen LogP contribution in [0.1, 0.15) is 37.7 Å². The number of amides is 1. The number of ketones is 1. The van der Waals surface area contributed by atoms with Crippen LogP contribution in [0.15, 0.2) is 40.6 Å². The van der Waals surface area contributed by atoms with E-state index in [0.29, 0.717) is 36.4 Å². The topological polar surface area (TPSA) is 73.2 Å². The lowest BCUT2D eigenvalue weighted by molar-refractivity contribution is -0.132. The maximum atomic E-state index is 12.5. The predicted molar refractivity (Wildman–Crippen MR) is 115 cm³/mol. The summed E-state index contributed by atoms with van der Waals surface area (Å²) >= 11 is 5.92. The lowest BCUT2D eigenvalue weighted by Crippen LogP contribution is -2.49. The van der Waals surface area contributed by atoms with Gasteiger partial charge in [-0.1, -0.05) is 30.7 Å². The molecule has 0 radical (unpaired) electrons. The van der Waals surface area contributed by atoms with Crippen molar-refractivity contribution in [2.24, 2.45) is 4.99 Å². The molecule has 1 aliphatic heterocycles. The zero-order chi connectivity index (χ0) is 20.8. The number of carbonyl (C=O) groups excluding carboxylic acids is 2. The summed E-state index contributed by atoms with van der Waals surface area (Å²) in [5.74, 6) is 0.206. The van der Waals surface area contributed by atoms with Gasteiger partial charge < -0.3 is 10.0 Å². The molecule has 156 valence electrons. The van der Waals surface area contributed by atoms with E-state index in [9.17, 15) is 14.7 Å². The highest BCUT2D eigenvalue weighted by atomic mass is 35.5. The summed E-state index contributed by atoms with van der Waals surface area (Å²) in [6.45, 7) is 6.43. The fourth-order valence-corrected chi connectivity index (χ4v) is 3.95. The summed E-state index contributed by atoms with van der Waals surface area (Å²) in [6.07, 6.45) is 2.87. The van der Waals surface area contributed by atoms with Crippen molar-refractivity contribution in [2.45, 2.75) is 32.1 Å². The average molecular weight is 418 g/mol. The first kappa shape index (κ1) is 21.5. The molecular formula is C22H28ClN3O3. The van der Waals surface area contributed by atoms with Crippen LogP contribution < -0.4 is 0 Å². The van der Waals surface area contributed by atoms with E-state index < -0.39 is 0 Å². The Bertz CT molecular complexity index is 796. The van der Waals surface area contributed by atoms with Crippen molar-refractivity contribution < 1.29 is 14.7 Å². The Hall–Kier alpha value is -2.18. The molecule has 1 atom stereocenters. The van der Waals surface area contributed by atoms with Crippen molar-refractivity contribution in [3.8, 4) is 0 Å². The maximum Gasteiger partial charge on any atom is 0.222 e. The Labute approximate surface area is 176 Å². The summed E-state index contributed by atoms with van der Waals surface area (Å²) in [5, 5.41) is 11.0. The van der Waals surface area contributed by atoms with Crippen molar-refractivity contribution in [2.75, 3.05) is 39.3 Å². The lowest BCUT2D eigenvalue weighted by atomic mass is 9.83. The SMILES string of the molecule is CCC(=O)N1CCN(CCN=CC2=C(O)C[C@@H](c3ccc(Cl)cc3)CC2=O)CC1. The Morgan fingerprint density at radius 1 is 1.21 bits per heavy atom. The average Bonchev–Trinajstić information content (AvgIpc) is 2.73. The van der Waals surface area contributed by atoms with Gasteiger partial charge in [0.1, 0.15) is 5.76 Å². The van der Waals surface area contributed by atoms with Gasteiger partial charge in [0.2, 0.25) is 5.91 Å². The van der Waals surface area contributed by atoms with Gasteiger partial charge in [0, 0.05) is 63.2 Å². The molecule has 1 fully saturated rings. The van der Waals surface area contributed by atoms with E-state index in [4.69, 9.17) is 11.6 Å². The number of aliphatic hydroxyl groups is 1. The molecule has 1 heterocycles. The van der Waals surface area contributed by atoms with Gasteiger partial charge in [-0.25, -0.2) is 0 Å². The third kappa shape index (κ3) is 5.67. The predicted octanol–water partition coefficient (Wildman–Crippen LogP) is 3.22. The van der Waals surface area contributed by atoms with Crippen molar-refractivity contribution in [3.05, 3.63) is 46.2 Å². The molecule has 0 unspecified atom stereocenters. The molecule has 1 saturated heterocycles. The first-order valence-electron chi connectivity index (χ1n) is 10.2. The molecule has 29 heavy (non-hydrogen) atoms. The molecule has 1 aromatic rings. The largest absolute Gasteiger partial charge is 0.511 e. The van der Waals surface area contributed by atoms with E-state index in [2.05, 4.69) is 9.89 Å². The number of Topliss-reactive ketones (excluding diaryl/α,β-unsaturated/α-hetero) is 1. The Balaban J connectivity index is 1.49. The van der Waals surface area contributed by atoms with E-state index in [-0.39, 0.29) is 23.4 Å². The van der Waals surface area contributed by atoms with Crippen molar-refractivity contribution in [1.82, 2.24) is 9.80 Å². The Kier molecular flexibility index (Phi) is 7.45. The molecule has 6 nitrogen and oxygen atoms in total. The number of piperazine rings is 1. The van der Waals surface area contributed by atoms with E-state index in [1.54, 1.807) is 12.1 Å². The standard InChI is InChI=1S/C22H28ClN3O3/c1-2-22(29)26-11-9-25(10-12-26)8-7-24-15-19-20(27)13-17(14-21(19)28)16-3-5-18(23)6-4-16/h3-6,15,17,27H,2,7-14H2,1H3/t17-/m1/s1. The molecule has 1 N–H and O–H groups in total. The maximum absolute atomic E-state index is 12.5. The molecule has 0 spiro atoms. The second-order valence-electron chi connectivity index (χ2n) is 7.55. The Morgan fingerprint density at radius 3 is 2.52 bits per heavy atom. The van der Waals surface area contributed by atoms with E-state index in [1.807, 2.05) is 24.0 Å². The van der Waals surface area contributed by atoms with Gasteiger partial charge in [-0.05, 0) is 23.6 Å². The second-order valence-corrected chi connectivity index (χ2v) is 7.99. The quantitative estimate of drug-likeness (QED) is 0.721. The number of hydrogen-bond donors (Lipinski definition) is 1. The van der Waals surface area contributed by atoms with Gasteiger partial charge in [0.05, 0.1) is 12.1 Å². The number of aliphatic hydroxyl groups excluding tert-OH is 1. The number of allylic oxidation sites excluding steroid dienone is 2. The first-order valence-corrected chi connectivity index (χ1v) is 10.6. The third-order valence-electron chi connectivity index (χ3n) is 5.62. The smallest absolute Gasteiger partial charge is 0.222 e. The van der Waals surface area contributed by atoms with Gasteiger partial charge in [-0.3, -0.25) is 19.5 Å². The molecule has 1 aromatic carbocycles. The second kappa shape index (κ2) is 10.0. The number of halogens is 1. The lowest BCUT2D eigenvalue weighted by Gasteiger charge is -2.34. The summed E-state index contributed by atoms with van der Waals surface area (Å²) < 4.78 is 0. The number of rotatable bonds is 6. The highest BCUT2D eigenvalue weighted by molar-refractivity contribution is 6.30. The van der Waals surface area contributed by atoms with Crippen LogP contribution in [0.2, 0.25) is 5.02 Å². The van der Waals surface area contributed by atoms with Crippen LogP contribution >= 0.6 is 11.6 Å². The normalized spacial score (nSPS) is 21.2. The van der Waals surface area contributed by atoms with Crippen LogP contribution in [0, 0.1) is 0 Å². The number of carbonyl (C=O) groups is 2. The van der Waals surface area contributed by atoms with Gasteiger partial charge in [0.15, 0.2) is 5.78 Å². The molecular weight excluding hydrogens is 390 g/mol. The Morgan fingerprint density at radius 2 is 1.90 bits per heavy atom. The highest BCUT2D eigenvalue weighted by Crippen LogP contribution is 2.33. The van der Waals surface area contributed by atoms with Gasteiger partial charge in [-0.2, -0.15) is 0 Å². The molecule has 0 bridgehead atoms. The van der Waals surface area contributed by atoms with Crippen LogP contribution in [0.25, 0.3) is 0 Å². The van der Waals surface area contributed by atoms with Crippen molar-refractivity contribution in [1.29, 1.82) is 0 Å². The summed E-state index contributed by atoms with van der Waals surface area (Å²) in [4.78, 5) is 32.8. The minimum absolute atomic E-state index is 0.0287. The first-order chi connectivity index (χ1) is 14.0. The van der Waals surface area contributed by atoms with Gasteiger partial charge in [-0.15, -0.1) is 0 Å². The number of aliphatic imine (C=N–C) groups is 1. The minimum Gasteiger partial charge on any atom is -0.511 e. The third-order valence-corrected chi connectivity index (χ3v) is 5.87. The molecule has 1 aliphatic carbocycles. The molecule has 3 rings (SSSR count). The van der Waals surface area contributed by atoms with Crippen LogP contribution in [-0.4, -0.2) is 72.1 Å². The van der Waals surface area contributed by atoms with Crippen LogP contribution in [-0.2, 0) is 9.59 Å². The summed E-state index contributed by atoms with van der Waals surface area (Å²) in [6, 6.07) is 7.41. The fourth-order valence-electron chi connectivity index (χ4n) is 3.83. The summed E-state index contributed by atoms with van der Waals surface area (Å²) in [5.41, 5.74) is 1.33. The molecule has 7 heteroatoms. The number of nitrogens with zero attached hydrogens (tertiary/aromatic N) is 3. The number of hydrogen-bond acceptors (Lipinski definition) is 5. The van der Waals surface area contributed by atoms with E-state index in [0.717, 1.165) is 38.3 Å². The fraction of sp³-hybridized carbons (Fsp3) is 0.500. The van der Waals surface area contributed by atoms with Gasteiger partial charge >= 0.3 is 0 Å². The molecule has 2 aliphatic rings. The van der Waals surface area contributed by atoms with Gasteiger partial charge in [0.25, 0.3) is 0 Å². The molecule has 0 aromatic heterocycles. The zero-order valence-electron chi connectivity index (χ0n) is 16.8. The van der Waals surface area contributed by atoms with Crippen molar-refractivity contribution >= 4 is 29.5 Å². The monoisotopic (exact) mass is 417 g/mol. The number of benzene rings is 1.